The van der Waals surface area contributed by atoms with Crippen molar-refractivity contribution in [3.8, 4) is 0 Å². The Morgan fingerprint density at radius 2 is 1.75 bits per heavy atom. The molecule has 0 aromatic carbocycles. The van der Waals surface area contributed by atoms with Crippen LogP contribution in [0, 0.1) is 5.92 Å². The lowest BCUT2D eigenvalue weighted by Crippen LogP contribution is -2.45. The minimum absolute atomic E-state index is 0.254. The Balaban J connectivity index is 2.46. The Morgan fingerprint density at radius 1 is 1.25 bits per heavy atom. The van der Waals surface area contributed by atoms with Gasteiger partial charge in [0.1, 0.15) is 0 Å². The molecule has 1 aliphatic rings. The maximum atomic E-state index is 12.3. The van der Waals surface area contributed by atoms with Gasteiger partial charge in [-0.2, -0.15) is 0 Å². The Morgan fingerprint density at radius 3 is 2.19 bits per heavy atom. The van der Waals surface area contributed by atoms with Gasteiger partial charge >= 0.3 is 0 Å². The molecule has 1 aliphatic heterocycles. The van der Waals surface area contributed by atoms with Crippen molar-refractivity contribution < 1.29 is 4.79 Å². The van der Waals surface area contributed by atoms with Gasteiger partial charge in [-0.25, -0.2) is 0 Å². The van der Waals surface area contributed by atoms with E-state index in [1.54, 1.807) is 0 Å². The molecule has 0 unspecified atom stereocenters. The number of rotatable bonds is 5. The van der Waals surface area contributed by atoms with E-state index >= 15 is 0 Å². The summed E-state index contributed by atoms with van der Waals surface area (Å²) >= 11 is 0. The molecular weight excluding hydrogens is 200 g/mol. The van der Waals surface area contributed by atoms with Crippen LogP contribution in [0.4, 0.5) is 0 Å². The van der Waals surface area contributed by atoms with Crippen molar-refractivity contribution >= 4 is 5.91 Å². The third kappa shape index (κ3) is 3.78. The standard InChI is InChI=1S/C13H26N2O/c1-3-5-11(6-4-2)13(16)15-9-7-12(14)8-10-15/h11-12H,3-10,14H2,1-2H3. The van der Waals surface area contributed by atoms with Gasteiger partial charge in [-0.1, -0.05) is 26.7 Å². The predicted octanol–water partition coefficient (Wildman–Crippen LogP) is 2.15. The quantitative estimate of drug-likeness (QED) is 0.781. The molecule has 94 valence electrons. The molecule has 0 radical (unpaired) electrons. The van der Waals surface area contributed by atoms with E-state index in [0.29, 0.717) is 11.9 Å². The van der Waals surface area contributed by atoms with Gasteiger partial charge in [0.05, 0.1) is 0 Å². The molecule has 0 aromatic rings. The van der Waals surface area contributed by atoms with E-state index in [-0.39, 0.29) is 5.92 Å². The Kier molecular flexibility index (Phi) is 5.81. The number of hydrogen-bond acceptors (Lipinski definition) is 2. The summed E-state index contributed by atoms with van der Waals surface area (Å²) in [5.41, 5.74) is 5.85. The average Bonchev–Trinajstić information content (AvgIpc) is 2.29. The Hall–Kier alpha value is -0.570. The van der Waals surface area contributed by atoms with Crippen molar-refractivity contribution in [2.24, 2.45) is 11.7 Å². The third-order valence-electron chi connectivity index (χ3n) is 3.47. The summed E-state index contributed by atoms with van der Waals surface area (Å²) < 4.78 is 0. The van der Waals surface area contributed by atoms with Crippen LogP contribution in [0.25, 0.3) is 0 Å². The van der Waals surface area contributed by atoms with Crippen molar-refractivity contribution in [1.82, 2.24) is 4.90 Å². The normalized spacial score (nSPS) is 18.1. The number of hydrogen-bond donors (Lipinski definition) is 1. The van der Waals surface area contributed by atoms with Crippen molar-refractivity contribution in [1.29, 1.82) is 0 Å². The largest absolute Gasteiger partial charge is 0.342 e. The number of carbonyl (C=O) groups is 1. The molecule has 0 atom stereocenters. The van der Waals surface area contributed by atoms with Crippen molar-refractivity contribution in [3.63, 3.8) is 0 Å². The zero-order valence-corrected chi connectivity index (χ0v) is 10.7. The van der Waals surface area contributed by atoms with Gasteiger partial charge in [-0.05, 0) is 25.7 Å². The number of nitrogens with two attached hydrogens (primary N) is 1. The number of amides is 1. The second kappa shape index (κ2) is 6.89. The lowest BCUT2D eigenvalue weighted by Gasteiger charge is -2.33. The van der Waals surface area contributed by atoms with Crippen LogP contribution in [-0.4, -0.2) is 29.9 Å². The zero-order chi connectivity index (χ0) is 12.0. The highest BCUT2D eigenvalue weighted by molar-refractivity contribution is 5.78. The lowest BCUT2D eigenvalue weighted by atomic mass is 9.95. The first-order valence-electron chi connectivity index (χ1n) is 6.73. The summed E-state index contributed by atoms with van der Waals surface area (Å²) in [6.45, 7) is 6.04. The lowest BCUT2D eigenvalue weighted by molar-refractivity contribution is -0.137. The molecule has 1 heterocycles. The fraction of sp³-hybridized carbons (Fsp3) is 0.923. The number of likely N-dealkylation sites (tertiary alicyclic amines) is 1. The Labute approximate surface area is 99.4 Å². The summed E-state index contributed by atoms with van der Waals surface area (Å²) in [6.07, 6.45) is 6.21. The molecule has 1 saturated heterocycles. The molecule has 0 saturated carbocycles. The van der Waals surface area contributed by atoms with Crippen LogP contribution in [0.5, 0.6) is 0 Å². The average molecular weight is 226 g/mol. The summed E-state index contributed by atoms with van der Waals surface area (Å²) in [7, 11) is 0. The third-order valence-corrected chi connectivity index (χ3v) is 3.47. The SMILES string of the molecule is CCCC(CCC)C(=O)N1CCC(N)CC1. The van der Waals surface area contributed by atoms with Crippen LogP contribution in [0.15, 0.2) is 0 Å². The fourth-order valence-corrected chi connectivity index (χ4v) is 2.47. The van der Waals surface area contributed by atoms with Gasteiger partial charge < -0.3 is 10.6 Å². The van der Waals surface area contributed by atoms with Gasteiger partial charge in [0.2, 0.25) is 5.91 Å². The first-order valence-corrected chi connectivity index (χ1v) is 6.73. The van der Waals surface area contributed by atoms with Crippen molar-refractivity contribution in [3.05, 3.63) is 0 Å². The number of carbonyl (C=O) groups excluding carboxylic acids is 1. The van der Waals surface area contributed by atoms with Crippen LogP contribution >= 0.6 is 0 Å². The molecule has 3 heteroatoms. The summed E-state index contributed by atoms with van der Waals surface area (Å²) in [6, 6.07) is 0.305. The van der Waals surface area contributed by atoms with E-state index < -0.39 is 0 Å². The molecule has 1 rings (SSSR count). The molecule has 0 spiro atoms. The van der Waals surface area contributed by atoms with Crippen LogP contribution < -0.4 is 5.73 Å². The molecule has 3 nitrogen and oxygen atoms in total. The molecule has 1 amide bonds. The molecule has 1 fully saturated rings. The van der Waals surface area contributed by atoms with Gasteiger partial charge in [0, 0.05) is 25.0 Å². The van der Waals surface area contributed by atoms with Gasteiger partial charge in [-0.15, -0.1) is 0 Å². The smallest absolute Gasteiger partial charge is 0.225 e. The van der Waals surface area contributed by atoms with E-state index in [1.165, 1.54) is 0 Å². The maximum absolute atomic E-state index is 12.3. The molecular formula is C13H26N2O. The second-order valence-electron chi connectivity index (χ2n) is 4.94. The number of nitrogens with zero attached hydrogens (tertiary/aromatic N) is 1. The van der Waals surface area contributed by atoms with Gasteiger partial charge in [0.15, 0.2) is 0 Å². The van der Waals surface area contributed by atoms with E-state index in [2.05, 4.69) is 13.8 Å². The van der Waals surface area contributed by atoms with Crippen LogP contribution in [0.2, 0.25) is 0 Å². The monoisotopic (exact) mass is 226 g/mol. The zero-order valence-electron chi connectivity index (χ0n) is 10.7. The maximum Gasteiger partial charge on any atom is 0.225 e. The van der Waals surface area contributed by atoms with Crippen molar-refractivity contribution in [2.75, 3.05) is 13.1 Å². The minimum Gasteiger partial charge on any atom is -0.342 e. The van der Waals surface area contributed by atoms with E-state index in [0.717, 1.165) is 51.6 Å². The van der Waals surface area contributed by atoms with Crippen molar-refractivity contribution in [2.45, 2.75) is 58.4 Å². The fourth-order valence-electron chi connectivity index (χ4n) is 2.47. The molecule has 0 aromatic heterocycles. The highest BCUT2D eigenvalue weighted by Crippen LogP contribution is 2.19. The van der Waals surface area contributed by atoms with Crippen LogP contribution in [0.1, 0.15) is 52.4 Å². The van der Waals surface area contributed by atoms with E-state index in [9.17, 15) is 4.79 Å². The van der Waals surface area contributed by atoms with Gasteiger partial charge in [0.25, 0.3) is 0 Å². The topological polar surface area (TPSA) is 46.3 Å². The highest BCUT2D eigenvalue weighted by atomic mass is 16.2. The Bertz CT molecular complexity index is 204. The predicted molar refractivity (Wildman–Crippen MR) is 67.1 cm³/mol. The summed E-state index contributed by atoms with van der Waals surface area (Å²) in [5.74, 6) is 0.625. The highest BCUT2D eigenvalue weighted by Gasteiger charge is 2.25. The molecule has 0 aliphatic carbocycles. The first kappa shape index (κ1) is 13.5. The minimum atomic E-state index is 0.254. The van der Waals surface area contributed by atoms with Gasteiger partial charge in [-0.3, -0.25) is 4.79 Å². The summed E-state index contributed by atoms with van der Waals surface area (Å²) in [4.78, 5) is 14.3. The molecule has 2 N–H and O–H groups in total. The van der Waals surface area contributed by atoms with E-state index in [4.69, 9.17) is 5.73 Å². The second-order valence-corrected chi connectivity index (χ2v) is 4.94. The first-order chi connectivity index (χ1) is 7.69. The van der Waals surface area contributed by atoms with Crippen LogP contribution in [0.3, 0.4) is 0 Å². The van der Waals surface area contributed by atoms with E-state index in [1.807, 2.05) is 4.90 Å². The summed E-state index contributed by atoms with van der Waals surface area (Å²) in [5, 5.41) is 0. The molecule has 0 bridgehead atoms. The molecule has 16 heavy (non-hydrogen) atoms. The number of piperidine rings is 1. The van der Waals surface area contributed by atoms with Crippen LogP contribution in [-0.2, 0) is 4.79 Å².